The van der Waals surface area contributed by atoms with Gasteiger partial charge in [0.05, 0.1) is 10.7 Å². The molecule has 0 saturated carbocycles. The molecule has 21 heavy (non-hydrogen) atoms. The Hall–Kier alpha value is -1.10. The van der Waals surface area contributed by atoms with Gasteiger partial charge in [0.1, 0.15) is 0 Å². The Morgan fingerprint density at radius 1 is 1.52 bits per heavy atom. The predicted molar refractivity (Wildman–Crippen MR) is 91.3 cm³/mol. The minimum atomic E-state index is 0.769. The Labute approximate surface area is 132 Å². The second kappa shape index (κ2) is 7.78. The zero-order valence-corrected chi connectivity index (χ0v) is 14.6. The molecule has 2 rings (SSSR count). The van der Waals surface area contributed by atoms with Gasteiger partial charge < -0.3 is 10.2 Å². The van der Waals surface area contributed by atoms with Crippen LogP contribution in [0.15, 0.2) is 4.99 Å². The standard InChI is InChI=1S/C16H28N4S/c1-5-14-13(3)21-15(19-14)8-9-18-16(17-4)20-10-6-7-12(2)11-20/h12H,5-11H2,1-4H3,(H,17,18). The summed E-state index contributed by atoms with van der Waals surface area (Å²) in [5.41, 5.74) is 1.25. The van der Waals surface area contributed by atoms with Gasteiger partial charge in [-0.25, -0.2) is 4.98 Å². The van der Waals surface area contributed by atoms with Crippen molar-refractivity contribution in [3.8, 4) is 0 Å². The van der Waals surface area contributed by atoms with Crippen molar-refractivity contribution in [2.24, 2.45) is 10.9 Å². The van der Waals surface area contributed by atoms with Crippen LogP contribution in [0.4, 0.5) is 0 Å². The van der Waals surface area contributed by atoms with Crippen LogP contribution >= 0.6 is 11.3 Å². The van der Waals surface area contributed by atoms with Gasteiger partial charge in [-0.15, -0.1) is 11.3 Å². The van der Waals surface area contributed by atoms with E-state index in [1.165, 1.54) is 28.4 Å². The van der Waals surface area contributed by atoms with Crippen LogP contribution in [0, 0.1) is 12.8 Å². The highest BCUT2D eigenvalue weighted by molar-refractivity contribution is 7.11. The summed E-state index contributed by atoms with van der Waals surface area (Å²) in [5, 5.41) is 4.73. The fourth-order valence-electron chi connectivity index (χ4n) is 2.92. The van der Waals surface area contributed by atoms with Crippen LogP contribution in [0.1, 0.15) is 42.3 Å². The third-order valence-electron chi connectivity index (χ3n) is 4.06. The molecule has 4 nitrogen and oxygen atoms in total. The number of aromatic nitrogens is 1. The van der Waals surface area contributed by atoms with Crippen LogP contribution in [-0.2, 0) is 12.8 Å². The molecule has 0 bridgehead atoms. The largest absolute Gasteiger partial charge is 0.356 e. The van der Waals surface area contributed by atoms with E-state index in [1.807, 2.05) is 18.4 Å². The molecule has 0 spiro atoms. The van der Waals surface area contributed by atoms with Gasteiger partial charge in [-0.2, -0.15) is 0 Å². The van der Waals surface area contributed by atoms with Crippen LogP contribution in [0.3, 0.4) is 0 Å². The van der Waals surface area contributed by atoms with Crippen LogP contribution in [-0.4, -0.2) is 42.5 Å². The number of aliphatic imine (C=N–C) groups is 1. The number of hydrogen-bond acceptors (Lipinski definition) is 3. The Morgan fingerprint density at radius 3 is 2.95 bits per heavy atom. The van der Waals surface area contributed by atoms with Crippen molar-refractivity contribution in [1.82, 2.24) is 15.2 Å². The molecule has 1 aromatic rings. The van der Waals surface area contributed by atoms with Crippen LogP contribution in [0.5, 0.6) is 0 Å². The number of rotatable bonds is 4. The number of nitrogens with zero attached hydrogens (tertiary/aromatic N) is 3. The highest BCUT2D eigenvalue weighted by atomic mass is 32.1. The summed E-state index contributed by atoms with van der Waals surface area (Å²) < 4.78 is 0. The van der Waals surface area contributed by atoms with Crippen molar-refractivity contribution in [3.63, 3.8) is 0 Å². The van der Waals surface area contributed by atoms with E-state index in [4.69, 9.17) is 4.98 Å². The van der Waals surface area contributed by atoms with Crippen molar-refractivity contribution in [2.75, 3.05) is 26.7 Å². The van der Waals surface area contributed by atoms with Gasteiger partial charge in [-0.3, -0.25) is 4.99 Å². The average Bonchev–Trinajstić information content (AvgIpc) is 2.84. The highest BCUT2D eigenvalue weighted by Gasteiger charge is 2.19. The number of piperidine rings is 1. The predicted octanol–water partition coefficient (Wildman–Crippen LogP) is 2.86. The number of guanidine groups is 1. The first-order valence-corrected chi connectivity index (χ1v) is 8.86. The van der Waals surface area contributed by atoms with Gasteiger partial charge in [-0.1, -0.05) is 13.8 Å². The van der Waals surface area contributed by atoms with E-state index < -0.39 is 0 Å². The first kappa shape index (κ1) is 16.3. The molecule has 2 heterocycles. The summed E-state index contributed by atoms with van der Waals surface area (Å²) in [7, 11) is 1.88. The van der Waals surface area contributed by atoms with E-state index >= 15 is 0 Å². The van der Waals surface area contributed by atoms with Gasteiger partial charge in [0.25, 0.3) is 0 Å². The highest BCUT2D eigenvalue weighted by Crippen LogP contribution is 2.18. The van der Waals surface area contributed by atoms with Gasteiger partial charge in [-0.05, 0) is 32.1 Å². The van der Waals surface area contributed by atoms with Crippen molar-refractivity contribution in [2.45, 2.75) is 46.5 Å². The average molecular weight is 308 g/mol. The van der Waals surface area contributed by atoms with Crippen LogP contribution in [0.25, 0.3) is 0 Å². The van der Waals surface area contributed by atoms with Gasteiger partial charge in [0.15, 0.2) is 5.96 Å². The molecule has 1 aliphatic rings. The summed E-state index contributed by atoms with van der Waals surface area (Å²) in [6, 6.07) is 0. The number of aryl methyl sites for hydroxylation is 2. The first-order valence-electron chi connectivity index (χ1n) is 8.04. The van der Waals surface area contributed by atoms with E-state index in [2.05, 4.69) is 36.0 Å². The fourth-order valence-corrected chi connectivity index (χ4v) is 3.94. The lowest BCUT2D eigenvalue weighted by molar-refractivity contribution is 0.266. The minimum absolute atomic E-state index is 0.769. The van der Waals surface area contributed by atoms with Crippen molar-refractivity contribution in [3.05, 3.63) is 15.6 Å². The van der Waals surface area contributed by atoms with E-state index in [-0.39, 0.29) is 0 Å². The maximum Gasteiger partial charge on any atom is 0.193 e. The van der Waals surface area contributed by atoms with Gasteiger partial charge in [0, 0.05) is 38.0 Å². The van der Waals surface area contributed by atoms with Gasteiger partial charge >= 0.3 is 0 Å². The molecular weight excluding hydrogens is 280 g/mol. The smallest absolute Gasteiger partial charge is 0.193 e. The lowest BCUT2D eigenvalue weighted by Gasteiger charge is -2.33. The molecular formula is C16H28N4S. The van der Waals surface area contributed by atoms with Crippen molar-refractivity contribution < 1.29 is 0 Å². The molecule has 0 amide bonds. The number of likely N-dealkylation sites (tertiary alicyclic amines) is 1. The molecule has 0 aliphatic carbocycles. The molecule has 1 fully saturated rings. The van der Waals surface area contributed by atoms with Crippen LogP contribution in [0.2, 0.25) is 0 Å². The Bertz CT molecular complexity index is 481. The van der Waals surface area contributed by atoms with E-state index in [0.29, 0.717) is 0 Å². The Balaban J connectivity index is 1.83. The second-order valence-electron chi connectivity index (χ2n) is 5.88. The molecule has 1 aliphatic heterocycles. The quantitative estimate of drug-likeness (QED) is 0.687. The maximum absolute atomic E-state index is 4.70. The molecule has 1 unspecified atom stereocenters. The first-order chi connectivity index (χ1) is 10.1. The maximum atomic E-state index is 4.70. The number of thiazole rings is 1. The topological polar surface area (TPSA) is 40.5 Å². The molecule has 1 N–H and O–H groups in total. The summed E-state index contributed by atoms with van der Waals surface area (Å²) in [5.74, 6) is 1.82. The van der Waals surface area contributed by atoms with Gasteiger partial charge in [0.2, 0.25) is 0 Å². The molecule has 1 atom stereocenters. The molecule has 0 radical (unpaired) electrons. The summed E-state index contributed by atoms with van der Waals surface area (Å²) in [6.45, 7) is 9.82. The van der Waals surface area contributed by atoms with Crippen LogP contribution < -0.4 is 5.32 Å². The number of hydrogen-bond donors (Lipinski definition) is 1. The van der Waals surface area contributed by atoms with Crippen molar-refractivity contribution in [1.29, 1.82) is 0 Å². The Kier molecular flexibility index (Phi) is 6.03. The Morgan fingerprint density at radius 2 is 2.33 bits per heavy atom. The molecule has 0 aromatic carbocycles. The lowest BCUT2D eigenvalue weighted by atomic mass is 10.0. The van der Waals surface area contributed by atoms with E-state index in [0.717, 1.165) is 44.4 Å². The monoisotopic (exact) mass is 308 g/mol. The summed E-state index contributed by atoms with van der Waals surface area (Å²) >= 11 is 1.83. The third-order valence-corrected chi connectivity index (χ3v) is 5.14. The zero-order valence-electron chi connectivity index (χ0n) is 13.8. The second-order valence-corrected chi connectivity index (χ2v) is 7.17. The summed E-state index contributed by atoms with van der Waals surface area (Å²) in [6.07, 6.45) is 4.62. The fraction of sp³-hybridized carbons (Fsp3) is 0.750. The lowest BCUT2D eigenvalue weighted by Crippen LogP contribution is -2.46. The molecule has 1 aromatic heterocycles. The normalized spacial score (nSPS) is 19.9. The molecule has 1 saturated heterocycles. The SMILES string of the molecule is CCc1nc(CCNC(=NC)N2CCCC(C)C2)sc1C. The zero-order chi connectivity index (χ0) is 15.2. The molecule has 118 valence electrons. The van der Waals surface area contributed by atoms with Crippen molar-refractivity contribution >= 4 is 17.3 Å². The van der Waals surface area contributed by atoms with E-state index in [1.54, 1.807) is 0 Å². The van der Waals surface area contributed by atoms with E-state index in [9.17, 15) is 0 Å². The third kappa shape index (κ3) is 4.43. The minimum Gasteiger partial charge on any atom is -0.356 e. The molecule has 5 heteroatoms. The summed E-state index contributed by atoms with van der Waals surface area (Å²) in [4.78, 5) is 12.9. The number of nitrogens with one attached hydrogen (secondary N) is 1.